The lowest BCUT2D eigenvalue weighted by molar-refractivity contribution is -0.142. The number of nitrogens with one attached hydrogen (secondary N) is 2. The van der Waals surface area contributed by atoms with Crippen LogP contribution in [0.25, 0.3) is 0 Å². The lowest BCUT2D eigenvalue weighted by Crippen LogP contribution is -2.55. The van der Waals surface area contributed by atoms with Crippen molar-refractivity contribution in [3.8, 4) is 0 Å². The first-order valence-corrected chi connectivity index (χ1v) is 11.3. The number of likely N-dealkylation sites (tertiary alicyclic amines) is 1. The molecule has 1 saturated heterocycles. The van der Waals surface area contributed by atoms with Gasteiger partial charge in [-0.3, -0.25) is 14.4 Å². The van der Waals surface area contributed by atoms with Crippen LogP contribution in [0.3, 0.4) is 0 Å². The molecule has 10 heteroatoms. The van der Waals surface area contributed by atoms with Gasteiger partial charge in [-0.2, -0.15) is 0 Å². The highest BCUT2D eigenvalue weighted by Gasteiger charge is 2.38. The number of rotatable bonds is 7. The molecule has 2 aromatic rings. The first-order valence-electron chi connectivity index (χ1n) is 11.3. The maximum absolute atomic E-state index is 14.6. The number of benzene rings is 1. The van der Waals surface area contributed by atoms with Gasteiger partial charge in [0.15, 0.2) is 17.5 Å². The third-order valence-electron chi connectivity index (χ3n) is 5.58. The Labute approximate surface area is 196 Å². The number of hydroxylamine groups is 1. The molecule has 2 fully saturated rings. The number of amides is 2. The Hall–Kier alpha value is -3.14. The van der Waals surface area contributed by atoms with E-state index in [9.17, 15) is 22.8 Å². The second-order valence-corrected chi connectivity index (χ2v) is 8.34. The molecule has 34 heavy (non-hydrogen) atoms. The predicted octanol–water partition coefficient (Wildman–Crippen LogP) is 4.42. The highest BCUT2D eigenvalue weighted by molar-refractivity contribution is 6.01. The lowest BCUT2D eigenvalue weighted by Gasteiger charge is -2.38. The summed E-state index contributed by atoms with van der Waals surface area (Å²) < 4.78 is 42.5. The zero-order valence-corrected chi connectivity index (χ0v) is 19.7. The number of hydrogen-bond donors (Lipinski definition) is 2. The van der Waals surface area contributed by atoms with Crippen LogP contribution in [0.2, 0.25) is 0 Å². The third kappa shape index (κ3) is 5.67. The van der Waals surface area contributed by atoms with E-state index in [0.717, 1.165) is 18.4 Å². The summed E-state index contributed by atoms with van der Waals surface area (Å²) in [5.41, 5.74) is 2.98. The fourth-order valence-electron chi connectivity index (χ4n) is 3.43. The number of anilines is 2. The van der Waals surface area contributed by atoms with Gasteiger partial charge in [-0.15, -0.1) is 0 Å². The number of carbonyl (C=O) groups is 2. The van der Waals surface area contributed by atoms with Gasteiger partial charge >= 0.3 is 0 Å². The molecule has 0 bridgehead atoms. The first-order chi connectivity index (χ1) is 16.2. The maximum atomic E-state index is 14.6. The second kappa shape index (κ2) is 10.9. The molecule has 0 radical (unpaired) electrons. The highest BCUT2D eigenvalue weighted by Crippen LogP contribution is 2.32. The van der Waals surface area contributed by atoms with Crippen molar-refractivity contribution in [1.82, 2.24) is 15.4 Å². The summed E-state index contributed by atoms with van der Waals surface area (Å²) in [5, 5.41) is 2.63. The molecule has 0 atom stereocenters. The standard InChI is InChI=1S/C22H23F3N4O3.C2H6/c1-11-5-12(2)20(26-7-11)27-19-15(6-16(23)17(24)18(19)25)22(31)29-8-14(9-29)21(30)28-32-10-13-3-4-13;1-2/h5-7,13-14H,3-4,8-10H2,1-2H3,(H,26,27)(H,28,30);1-2H3. The van der Waals surface area contributed by atoms with E-state index in [1.54, 1.807) is 13.0 Å². The van der Waals surface area contributed by atoms with Crippen LogP contribution in [0.4, 0.5) is 24.7 Å². The van der Waals surface area contributed by atoms with Gasteiger partial charge in [-0.25, -0.2) is 23.6 Å². The number of aromatic nitrogens is 1. The maximum Gasteiger partial charge on any atom is 0.256 e. The smallest absolute Gasteiger partial charge is 0.256 e. The Balaban J connectivity index is 0.00000158. The molecule has 1 aromatic heterocycles. The summed E-state index contributed by atoms with van der Waals surface area (Å²) in [7, 11) is 0. The zero-order chi connectivity index (χ0) is 25.0. The molecule has 0 unspecified atom stereocenters. The van der Waals surface area contributed by atoms with Gasteiger partial charge in [0.25, 0.3) is 5.91 Å². The van der Waals surface area contributed by atoms with Crippen molar-refractivity contribution in [3.63, 3.8) is 0 Å². The summed E-state index contributed by atoms with van der Waals surface area (Å²) in [4.78, 5) is 35.6. The fraction of sp³-hybridized carbons (Fsp3) is 0.458. The van der Waals surface area contributed by atoms with Crippen molar-refractivity contribution in [2.45, 2.75) is 40.5 Å². The minimum Gasteiger partial charge on any atom is -0.337 e. The molecule has 2 heterocycles. The minimum absolute atomic E-state index is 0.0549. The highest BCUT2D eigenvalue weighted by atomic mass is 19.2. The van der Waals surface area contributed by atoms with Gasteiger partial charge in [0.2, 0.25) is 5.91 Å². The summed E-state index contributed by atoms with van der Waals surface area (Å²) in [6.45, 7) is 8.10. The number of carbonyl (C=O) groups excluding carboxylic acids is 2. The summed E-state index contributed by atoms with van der Waals surface area (Å²) in [6.07, 6.45) is 3.69. The molecule has 1 aliphatic carbocycles. The van der Waals surface area contributed by atoms with Crippen molar-refractivity contribution in [3.05, 3.63) is 52.5 Å². The summed E-state index contributed by atoms with van der Waals surface area (Å²) in [6, 6.07) is 2.43. The number of aryl methyl sites for hydroxylation is 2. The monoisotopic (exact) mass is 478 g/mol. The fourth-order valence-corrected chi connectivity index (χ4v) is 3.43. The van der Waals surface area contributed by atoms with E-state index in [4.69, 9.17) is 4.84 Å². The third-order valence-corrected chi connectivity index (χ3v) is 5.58. The molecule has 1 saturated carbocycles. The van der Waals surface area contributed by atoms with Crippen LogP contribution in [-0.2, 0) is 9.63 Å². The molecular weight excluding hydrogens is 449 g/mol. The van der Waals surface area contributed by atoms with Gasteiger partial charge in [-0.1, -0.05) is 19.9 Å². The number of pyridine rings is 1. The second-order valence-electron chi connectivity index (χ2n) is 8.34. The Morgan fingerprint density at radius 2 is 1.79 bits per heavy atom. The lowest BCUT2D eigenvalue weighted by atomic mass is 9.97. The molecule has 2 aliphatic rings. The van der Waals surface area contributed by atoms with Gasteiger partial charge in [0.05, 0.1) is 23.8 Å². The first kappa shape index (κ1) is 25.5. The molecule has 0 spiro atoms. The Morgan fingerprint density at radius 1 is 1.12 bits per heavy atom. The molecule has 7 nitrogen and oxygen atoms in total. The van der Waals surface area contributed by atoms with Crippen LogP contribution in [0.5, 0.6) is 0 Å². The SMILES string of the molecule is CC.Cc1cnc(Nc2c(C(=O)N3CC(C(=O)NOCC4CC4)C3)cc(F)c(F)c2F)c(C)c1. The average molecular weight is 479 g/mol. The summed E-state index contributed by atoms with van der Waals surface area (Å²) >= 11 is 0. The van der Waals surface area contributed by atoms with Crippen LogP contribution >= 0.6 is 0 Å². The number of nitrogens with zero attached hydrogens (tertiary/aromatic N) is 2. The summed E-state index contributed by atoms with van der Waals surface area (Å²) in [5.74, 6) is -5.57. The number of halogens is 3. The minimum atomic E-state index is -1.69. The van der Waals surface area contributed by atoms with Crippen LogP contribution in [0.15, 0.2) is 18.3 Å². The van der Waals surface area contributed by atoms with Crippen LogP contribution < -0.4 is 10.8 Å². The van der Waals surface area contributed by atoms with E-state index in [0.29, 0.717) is 24.2 Å². The molecule has 2 N–H and O–H groups in total. The quantitative estimate of drug-likeness (QED) is 0.455. The number of hydrogen-bond acceptors (Lipinski definition) is 5. The molecule has 2 amide bonds. The van der Waals surface area contributed by atoms with E-state index in [-0.39, 0.29) is 30.4 Å². The van der Waals surface area contributed by atoms with Gasteiger partial charge in [0, 0.05) is 19.3 Å². The van der Waals surface area contributed by atoms with E-state index in [1.165, 1.54) is 11.1 Å². The largest absolute Gasteiger partial charge is 0.337 e. The molecule has 4 rings (SSSR count). The van der Waals surface area contributed by atoms with Gasteiger partial charge in [-0.05, 0) is 49.8 Å². The van der Waals surface area contributed by atoms with E-state index in [2.05, 4.69) is 15.8 Å². The zero-order valence-electron chi connectivity index (χ0n) is 19.7. The molecular formula is C24H29F3N4O3. The topological polar surface area (TPSA) is 83.6 Å². The molecule has 184 valence electrons. The van der Waals surface area contributed by atoms with Crippen molar-refractivity contribution in [1.29, 1.82) is 0 Å². The van der Waals surface area contributed by atoms with Crippen LogP contribution in [-0.4, -0.2) is 41.4 Å². The van der Waals surface area contributed by atoms with Crippen LogP contribution in [0, 0.1) is 43.1 Å². The molecule has 1 aliphatic heterocycles. The van der Waals surface area contributed by atoms with E-state index < -0.39 is 35.0 Å². The molecule has 1 aromatic carbocycles. The van der Waals surface area contributed by atoms with Gasteiger partial charge < -0.3 is 10.2 Å². The van der Waals surface area contributed by atoms with Crippen molar-refractivity contribution in [2.24, 2.45) is 11.8 Å². The van der Waals surface area contributed by atoms with Crippen molar-refractivity contribution < 1.29 is 27.6 Å². The van der Waals surface area contributed by atoms with E-state index >= 15 is 0 Å². The van der Waals surface area contributed by atoms with E-state index in [1.807, 2.05) is 20.8 Å². The van der Waals surface area contributed by atoms with Crippen molar-refractivity contribution >= 4 is 23.3 Å². The predicted molar refractivity (Wildman–Crippen MR) is 121 cm³/mol. The Morgan fingerprint density at radius 3 is 2.41 bits per heavy atom. The normalized spacial score (nSPS) is 15.2. The Kier molecular flexibility index (Phi) is 8.14. The van der Waals surface area contributed by atoms with Crippen molar-refractivity contribution in [2.75, 3.05) is 25.0 Å². The average Bonchev–Trinajstić information content (AvgIpc) is 3.60. The van der Waals surface area contributed by atoms with Gasteiger partial charge in [0.1, 0.15) is 5.82 Å². The van der Waals surface area contributed by atoms with Crippen LogP contribution in [0.1, 0.15) is 48.2 Å². The Bertz CT molecular complexity index is 1070.